The molecule has 0 aromatic heterocycles. The molecule has 0 fully saturated rings. The number of rotatable bonds is 1. The first kappa shape index (κ1) is 4.64. The van der Waals surface area contributed by atoms with Crippen LogP contribution in [0.25, 0.3) is 0 Å². The van der Waals surface area contributed by atoms with E-state index >= 15 is 0 Å². The molecule has 0 radical (unpaired) electrons. The van der Waals surface area contributed by atoms with Crippen molar-refractivity contribution < 1.29 is 0 Å². The fourth-order valence-corrected chi connectivity index (χ4v) is 0.106. The van der Waals surface area contributed by atoms with Gasteiger partial charge in [-0.05, 0) is 0 Å². The Hall–Kier alpha value is -0.360. The summed E-state index contributed by atoms with van der Waals surface area (Å²) in [5.74, 6) is 0.427. The summed E-state index contributed by atoms with van der Waals surface area (Å²) in [4.78, 5) is 0. The van der Waals surface area contributed by atoms with Gasteiger partial charge >= 0.3 is 0 Å². The molecule has 28 valence electrons. The van der Waals surface area contributed by atoms with Crippen LogP contribution in [0.15, 0.2) is 0 Å². The lowest BCUT2D eigenvalue weighted by atomic mass is 11.2. The van der Waals surface area contributed by atoms with Crippen LogP contribution in [-0.2, 0) is 0 Å². The zero-order valence-corrected chi connectivity index (χ0v) is 3.50. The third kappa shape index (κ3) is 3.64. The number of nitrogens with zero attached hydrogens (tertiary/aromatic N) is 1. The van der Waals surface area contributed by atoms with E-state index in [1.807, 2.05) is 0 Å². The van der Waals surface area contributed by atoms with Crippen LogP contribution in [-0.4, -0.2) is 5.88 Å². The number of thiol groups is 1. The Morgan fingerprint density at radius 3 is 2.60 bits per heavy atom. The van der Waals surface area contributed by atoms with E-state index < -0.39 is 0 Å². The van der Waals surface area contributed by atoms with E-state index in [9.17, 15) is 0 Å². The lowest BCUT2D eigenvalue weighted by molar-refractivity contribution is 1.08. The Morgan fingerprint density at radius 1 is 2.00 bits per heavy atom. The quantitative estimate of drug-likeness (QED) is 0.204. The molecule has 0 aromatic rings. The van der Waals surface area contributed by atoms with Crippen molar-refractivity contribution in [3.8, 4) is 6.19 Å². The number of hydrogen-bond donors (Lipinski definition) is 2. The van der Waals surface area contributed by atoms with Gasteiger partial charge < -0.3 is 5.32 Å². The first-order valence-electron chi connectivity index (χ1n) is 1.14. The third-order valence-corrected chi connectivity index (χ3v) is 0.316. The van der Waals surface area contributed by atoms with Gasteiger partial charge in [-0.25, -0.2) is 0 Å². The van der Waals surface area contributed by atoms with Gasteiger partial charge in [0.05, 0.1) is 5.88 Å². The Morgan fingerprint density at radius 2 is 2.60 bits per heavy atom. The van der Waals surface area contributed by atoms with Gasteiger partial charge in [0, 0.05) is 0 Å². The van der Waals surface area contributed by atoms with Crippen LogP contribution in [0.2, 0.25) is 0 Å². The van der Waals surface area contributed by atoms with Crippen molar-refractivity contribution in [3.05, 3.63) is 0 Å². The maximum absolute atomic E-state index is 7.66. The van der Waals surface area contributed by atoms with Crippen molar-refractivity contribution in [1.82, 2.24) is 5.32 Å². The van der Waals surface area contributed by atoms with Crippen molar-refractivity contribution in [1.29, 1.82) is 5.26 Å². The highest BCUT2D eigenvalue weighted by Gasteiger charge is 1.58. The molecule has 0 amide bonds. The first-order chi connectivity index (χ1) is 2.41. The Bertz CT molecular complexity index is 46.1. The molecule has 1 N–H and O–H groups in total. The molecule has 0 bridgehead atoms. The van der Waals surface area contributed by atoms with Crippen LogP contribution in [0.3, 0.4) is 0 Å². The second kappa shape index (κ2) is 3.64. The number of hydrogen-bond acceptors (Lipinski definition) is 3. The molecule has 2 nitrogen and oxygen atoms in total. The molecule has 0 aliphatic heterocycles. The smallest absolute Gasteiger partial charge is 0.177 e. The lowest BCUT2D eigenvalue weighted by Gasteiger charge is -1.74. The Labute approximate surface area is 36.2 Å². The molecule has 5 heavy (non-hydrogen) atoms. The minimum absolute atomic E-state index is 0.427. The largest absolute Gasteiger partial charge is 0.314 e. The zero-order chi connectivity index (χ0) is 4.12. The highest BCUT2D eigenvalue weighted by molar-refractivity contribution is 7.80. The van der Waals surface area contributed by atoms with Crippen LogP contribution in [0.1, 0.15) is 0 Å². The van der Waals surface area contributed by atoms with E-state index in [1.54, 1.807) is 6.19 Å². The molecule has 0 aliphatic carbocycles. The normalized spacial score (nSPS) is 5.60. The van der Waals surface area contributed by atoms with E-state index in [0.717, 1.165) is 0 Å². The molecule has 0 aliphatic rings. The van der Waals surface area contributed by atoms with Crippen molar-refractivity contribution in [2.24, 2.45) is 0 Å². The minimum Gasteiger partial charge on any atom is -0.314 e. The average molecular weight is 88.1 g/mol. The summed E-state index contributed by atoms with van der Waals surface area (Å²) in [5.41, 5.74) is 0. The van der Waals surface area contributed by atoms with E-state index in [-0.39, 0.29) is 0 Å². The van der Waals surface area contributed by atoms with E-state index in [2.05, 4.69) is 17.9 Å². The lowest BCUT2D eigenvalue weighted by Crippen LogP contribution is -1.98. The summed E-state index contributed by atoms with van der Waals surface area (Å²) in [6, 6.07) is 0. The average Bonchev–Trinajstić information content (AvgIpc) is 1.41. The van der Waals surface area contributed by atoms with Crippen LogP contribution >= 0.6 is 12.6 Å². The molecule has 0 atom stereocenters. The van der Waals surface area contributed by atoms with E-state index in [0.29, 0.717) is 5.88 Å². The van der Waals surface area contributed by atoms with Crippen molar-refractivity contribution in [2.45, 2.75) is 0 Å². The van der Waals surface area contributed by atoms with Crippen molar-refractivity contribution in [2.75, 3.05) is 5.88 Å². The monoisotopic (exact) mass is 88.0 g/mol. The fraction of sp³-hybridized carbons (Fsp3) is 0.500. The first-order valence-corrected chi connectivity index (χ1v) is 1.78. The minimum atomic E-state index is 0.427. The van der Waals surface area contributed by atoms with Gasteiger partial charge in [0.2, 0.25) is 0 Å². The van der Waals surface area contributed by atoms with Gasteiger partial charge in [-0.1, -0.05) is 0 Å². The highest BCUT2D eigenvalue weighted by atomic mass is 32.1. The van der Waals surface area contributed by atoms with Gasteiger partial charge in [0.1, 0.15) is 0 Å². The fourth-order valence-electron chi connectivity index (χ4n) is 0.0354. The van der Waals surface area contributed by atoms with Crippen LogP contribution < -0.4 is 5.32 Å². The molecule has 0 spiro atoms. The topological polar surface area (TPSA) is 35.8 Å². The molecule has 0 unspecified atom stereocenters. The summed E-state index contributed by atoms with van der Waals surface area (Å²) in [5, 5.41) is 9.94. The molecule has 0 rings (SSSR count). The Kier molecular flexibility index (Phi) is 3.38. The number of nitrogens with one attached hydrogen (secondary N) is 1. The van der Waals surface area contributed by atoms with Gasteiger partial charge in [0.25, 0.3) is 0 Å². The van der Waals surface area contributed by atoms with Crippen LogP contribution in [0.5, 0.6) is 0 Å². The summed E-state index contributed by atoms with van der Waals surface area (Å²) in [7, 11) is 0. The van der Waals surface area contributed by atoms with Gasteiger partial charge in [-0.3, -0.25) is 0 Å². The van der Waals surface area contributed by atoms with Crippen molar-refractivity contribution in [3.63, 3.8) is 0 Å². The van der Waals surface area contributed by atoms with Crippen molar-refractivity contribution >= 4 is 12.6 Å². The molecule has 0 aromatic carbocycles. The molecule has 3 heteroatoms. The van der Waals surface area contributed by atoms with E-state index in [1.165, 1.54) is 0 Å². The summed E-state index contributed by atoms with van der Waals surface area (Å²) >= 11 is 3.67. The maximum atomic E-state index is 7.66. The third-order valence-electron chi connectivity index (χ3n) is 0.158. The van der Waals surface area contributed by atoms with Crippen LogP contribution in [0.4, 0.5) is 0 Å². The molecule has 0 saturated heterocycles. The van der Waals surface area contributed by atoms with Gasteiger partial charge in [0.15, 0.2) is 6.19 Å². The summed E-state index contributed by atoms with van der Waals surface area (Å²) in [6.45, 7) is 0. The summed E-state index contributed by atoms with van der Waals surface area (Å²) < 4.78 is 0. The van der Waals surface area contributed by atoms with E-state index in [4.69, 9.17) is 5.26 Å². The van der Waals surface area contributed by atoms with Crippen LogP contribution in [0, 0.1) is 11.5 Å². The standard InChI is InChI=1S/C2H4N2S/c3-1-4-2-5/h4-5H,2H2. The highest BCUT2D eigenvalue weighted by Crippen LogP contribution is 1.56. The van der Waals surface area contributed by atoms with Gasteiger partial charge in [-0.15, -0.1) is 0 Å². The zero-order valence-electron chi connectivity index (χ0n) is 2.60. The second-order valence-corrected chi connectivity index (χ2v) is 0.763. The molecular weight excluding hydrogens is 84.1 g/mol. The molecular formula is C2H4N2S. The molecule has 0 heterocycles. The van der Waals surface area contributed by atoms with Gasteiger partial charge in [-0.2, -0.15) is 17.9 Å². The summed E-state index contributed by atoms with van der Waals surface area (Å²) in [6.07, 6.45) is 1.69. The Balaban J connectivity index is 2.48. The number of nitriles is 1. The SMILES string of the molecule is N#CNCS. The maximum Gasteiger partial charge on any atom is 0.177 e. The second-order valence-electron chi connectivity index (χ2n) is 0.447. The molecule has 0 saturated carbocycles. The predicted octanol–water partition coefficient (Wildman–Crippen LogP) is -0.0556. The predicted molar refractivity (Wildman–Crippen MR) is 22.6 cm³/mol.